The monoisotopic (exact) mass is 323 g/mol. The fourth-order valence-corrected chi connectivity index (χ4v) is 6.77. The zero-order valence-electron chi connectivity index (χ0n) is 15.2. The van der Waals surface area contributed by atoms with E-state index in [0.29, 0.717) is 0 Å². The Kier molecular flexibility index (Phi) is 3.27. The van der Waals surface area contributed by atoms with Crippen molar-refractivity contribution in [2.24, 2.45) is 30.7 Å². The summed E-state index contributed by atoms with van der Waals surface area (Å²) >= 11 is 0. The Bertz CT molecular complexity index is 789. The van der Waals surface area contributed by atoms with E-state index in [9.17, 15) is 0 Å². The van der Waals surface area contributed by atoms with Gasteiger partial charge in [-0.2, -0.15) is 0 Å². The SMILES string of the molecule is CC[C@H]1CC2C[C@@H]3CCc4c(n(C)c5ccc(OC)cc45)[C@H](C2)C13. The van der Waals surface area contributed by atoms with Crippen LogP contribution < -0.4 is 4.74 Å². The maximum atomic E-state index is 5.52. The van der Waals surface area contributed by atoms with Crippen molar-refractivity contribution in [3.05, 3.63) is 29.5 Å². The van der Waals surface area contributed by atoms with Crippen molar-refractivity contribution in [2.75, 3.05) is 7.11 Å². The van der Waals surface area contributed by atoms with Gasteiger partial charge in [0.25, 0.3) is 0 Å². The average Bonchev–Trinajstić information content (AvgIpc) is 2.83. The van der Waals surface area contributed by atoms with Crippen LogP contribution in [0.15, 0.2) is 18.2 Å². The number of aryl methyl sites for hydroxylation is 2. The number of aromatic nitrogens is 1. The van der Waals surface area contributed by atoms with Gasteiger partial charge in [-0.1, -0.05) is 13.3 Å². The number of nitrogens with zero attached hydrogens (tertiary/aromatic N) is 1. The summed E-state index contributed by atoms with van der Waals surface area (Å²) in [6.45, 7) is 2.42. The van der Waals surface area contributed by atoms with Crippen LogP contribution in [0.4, 0.5) is 0 Å². The summed E-state index contributed by atoms with van der Waals surface area (Å²) in [4.78, 5) is 0. The summed E-state index contributed by atoms with van der Waals surface area (Å²) in [7, 11) is 4.08. The van der Waals surface area contributed by atoms with Gasteiger partial charge in [-0.25, -0.2) is 0 Å². The van der Waals surface area contributed by atoms with Gasteiger partial charge in [0.2, 0.25) is 0 Å². The van der Waals surface area contributed by atoms with Gasteiger partial charge in [0, 0.05) is 29.6 Å². The fraction of sp³-hybridized carbons (Fsp3) is 0.636. The quantitative estimate of drug-likeness (QED) is 0.732. The minimum absolute atomic E-state index is 0.799. The molecule has 0 saturated heterocycles. The van der Waals surface area contributed by atoms with Crippen molar-refractivity contribution in [2.45, 2.75) is 51.4 Å². The van der Waals surface area contributed by atoms with E-state index in [4.69, 9.17) is 4.74 Å². The van der Waals surface area contributed by atoms with E-state index < -0.39 is 0 Å². The van der Waals surface area contributed by atoms with Gasteiger partial charge in [0.1, 0.15) is 5.75 Å². The average molecular weight is 323 g/mol. The lowest BCUT2D eigenvalue weighted by atomic mass is 9.54. The van der Waals surface area contributed by atoms with Crippen LogP contribution >= 0.6 is 0 Å². The Morgan fingerprint density at radius 2 is 2.08 bits per heavy atom. The first-order valence-corrected chi connectivity index (χ1v) is 9.86. The van der Waals surface area contributed by atoms with Crippen LogP contribution in [-0.4, -0.2) is 11.7 Å². The third kappa shape index (κ3) is 1.89. The maximum Gasteiger partial charge on any atom is 0.119 e. The van der Waals surface area contributed by atoms with Crippen molar-refractivity contribution >= 4 is 10.9 Å². The van der Waals surface area contributed by atoms with Gasteiger partial charge in [-0.15, -0.1) is 0 Å². The molecule has 4 bridgehead atoms. The second kappa shape index (κ2) is 5.28. The molecule has 3 fully saturated rings. The van der Waals surface area contributed by atoms with Crippen molar-refractivity contribution in [3.8, 4) is 5.75 Å². The molecule has 128 valence electrons. The van der Waals surface area contributed by atoms with Crippen molar-refractivity contribution in [1.29, 1.82) is 0 Å². The molecule has 2 nitrogen and oxygen atoms in total. The van der Waals surface area contributed by atoms with E-state index in [1.807, 2.05) is 0 Å². The first kappa shape index (κ1) is 14.9. The summed E-state index contributed by atoms with van der Waals surface area (Å²) in [5.41, 5.74) is 4.71. The molecule has 1 heterocycles. The molecule has 2 unspecified atom stereocenters. The summed E-state index contributed by atoms with van der Waals surface area (Å²) in [5, 5.41) is 1.45. The van der Waals surface area contributed by atoms with Gasteiger partial charge in [-0.05, 0) is 79.5 Å². The standard InChI is InChI=1S/C22H29NO/c1-4-14-9-13-10-15-5-7-17-18-12-16(24-3)6-8-20(18)23(2)22(17)19(11-13)21(14)15/h6,8,12-15,19,21H,4-5,7,9-11H2,1-3H3/t13?,14-,15-,19+,21?/m0/s1. The van der Waals surface area contributed by atoms with Crippen LogP contribution in [0.5, 0.6) is 5.75 Å². The molecular formula is C22H29NO. The van der Waals surface area contributed by atoms with Gasteiger partial charge in [-0.3, -0.25) is 0 Å². The van der Waals surface area contributed by atoms with Gasteiger partial charge in [0.05, 0.1) is 7.11 Å². The molecule has 2 aromatic rings. The molecule has 0 aliphatic heterocycles. The predicted molar refractivity (Wildman–Crippen MR) is 98.6 cm³/mol. The summed E-state index contributed by atoms with van der Waals surface area (Å²) in [5.74, 6) is 5.65. The lowest BCUT2D eigenvalue weighted by Gasteiger charge is -2.51. The maximum absolute atomic E-state index is 5.52. The van der Waals surface area contributed by atoms with Crippen molar-refractivity contribution < 1.29 is 4.74 Å². The molecule has 0 N–H and O–H groups in total. The van der Waals surface area contributed by atoms with Gasteiger partial charge in [0.15, 0.2) is 0 Å². The fourth-order valence-electron chi connectivity index (χ4n) is 6.77. The molecule has 1 aromatic heterocycles. The molecule has 3 saturated carbocycles. The Labute approximate surface area is 145 Å². The number of hydrogen-bond donors (Lipinski definition) is 0. The van der Waals surface area contributed by atoms with Crippen LogP contribution in [0, 0.1) is 23.7 Å². The number of benzene rings is 1. The normalized spacial score (nSPS) is 34.2. The Morgan fingerprint density at radius 3 is 2.88 bits per heavy atom. The van der Waals surface area contributed by atoms with Crippen LogP contribution in [0.3, 0.4) is 0 Å². The third-order valence-corrected chi connectivity index (χ3v) is 7.61. The van der Waals surface area contributed by atoms with Crippen molar-refractivity contribution in [1.82, 2.24) is 4.57 Å². The minimum atomic E-state index is 0.799. The lowest BCUT2D eigenvalue weighted by molar-refractivity contribution is 0.0111. The van der Waals surface area contributed by atoms with E-state index in [2.05, 4.69) is 36.7 Å². The molecule has 4 aliphatic carbocycles. The highest BCUT2D eigenvalue weighted by atomic mass is 16.5. The van der Waals surface area contributed by atoms with E-state index >= 15 is 0 Å². The van der Waals surface area contributed by atoms with E-state index in [-0.39, 0.29) is 0 Å². The molecule has 5 atom stereocenters. The van der Waals surface area contributed by atoms with E-state index in [1.54, 1.807) is 18.4 Å². The van der Waals surface area contributed by atoms with Crippen LogP contribution in [0.1, 0.15) is 56.2 Å². The van der Waals surface area contributed by atoms with Crippen LogP contribution in [-0.2, 0) is 13.5 Å². The first-order chi connectivity index (χ1) is 11.7. The number of hydrogen-bond acceptors (Lipinski definition) is 1. The number of fused-ring (bicyclic) bond motifs is 4. The molecule has 24 heavy (non-hydrogen) atoms. The highest BCUT2D eigenvalue weighted by molar-refractivity contribution is 5.87. The molecule has 0 radical (unpaired) electrons. The number of ether oxygens (including phenoxy) is 1. The Balaban J connectivity index is 1.71. The second-order valence-corrected chi connectivity index (χ2v) is 8.53. The number of rotatable bonds is 2. The van der Waals surface area contributed by atoms with E-state index in [1.165, 1.54) is 49.4 Å². The molecular weight excluding hydrogens is 294 g/mol. The second-order valence-electron chi connectivity index (χ2n) is 8.53. The highest BCUT2D eigenvalue weighted by Crippen LogP contribution is 2.59. The molecule has 4 aliphatic rings. The highest BCUT2D eigenvalue weighted by Gasteiger charge is 2.49. The predicted octanol–water partition coefficient (Wildman–Crippen LogP) is 5.29. The molecule has 0 amide bonds. The van der Waals surface area contributed by atoms with Crippen LogP contribution in [0.25, 0.3) is 10.9 Å². The third-order valence-electron chi connectivity index (χ3n) is 7.61. The smallest absolute Gasteiger partial charge is 0.119 e. The first-order valence-electron chi connectivity index (χ1n) is 9.86. The van der Waals surface area contributed by atoms with Crippen LogP contribution in [0.2, 0.25) is 0 Å². The lowest BCUT2D eigenvalue weighted by Crippen LogP contribution is -2.42. The Hall–Kier alpha value is -1.44. The van der Waals surface area contributed by atoms with Crippen molar-refractivity contribution in [3.63, 3.8) is 0 Å². The van der Waals surface area contributed by atoms with Gasteiger partial charge < -0.3 is 9.30 Å². The molecule has 2 heteroatoms. The molecule has 1 aromatic carbocycles. The summed E-state index contributed by atoms with van der Waals surface area (Å²) in [6, 6.07) is 6.66. The van der Waals surface area contributed by atoms with E-state index in [0.717, 1.165) is 35.3 Å². The largest absolute Gasteiger partial charge is 0.497 e. The zero-order valence-corrected chi connectivity index (χ0v) is 15.2. The number of methoxy groups -OCH3 is 1. The zero-order chi connectivity index (χ0) is 16.4. The topological polar surface area (TPSA) is 14.2 Å². The summed E-state index contributed by atoms with van der Waals surface area (Å²) in [6.07, 6.45) is 8.49. The summed E-state index contributed by atoms with van der Waals surface area (Å²) < 4.78 is 8.05. The van der Waals surface area contributed by atoms with Gasteiger partial charge >= 0.3 is 0 Å². The molecule has 6 rings (SSSR count). The molecule has 0 spiro atoms. The Morgan fingerprint density at radius 1 is 1.21 bits per heavy atom. The minimum Gasteiger partial charge on any atom is -0.497 e.